The van der Waals surface area contributed by atoms with Gasteiger partial charge in [-0.3, -0.25) is 4.79 Å². The van der Waals surface area contributed by atoms with Gasteiger partial charge < -0.3 is 98.3 Å². The monoisotopic (exact) mass is 1990 g/mol. The number of aliphatic hydroxyl groups excluding tert-OH is 1. The minimum absolute atomic E-state index is 0. The first-order valence-corrected chi connectivity index (χ1v) is 47.2. The van der Waals surface area contributed by atoms with E-state index in [0.29, 0.717) is 68.7 Å². The van der Waals surface area contributed by atoms with Crippen molar-refractivity contribution in [3.8, 4) is 0 Å². The van der Waals surface area contributed by atoms with E-state index in [4.69, 9.17) is 38.6 Å². The zero-order valence-corrected chi connectivity index (χ0v) is 87.6. The predicted molar refractivity (Wildman–Crippen MR) is 529 cm³/mol. The van der Waals surface area contributed by atoms with Crippen molar-refractivity contribution in [2.75, 3.05) is 144 Å². The Bertz CT molecular complexity index is 4190. The van der Waals surface area contributed by atoms with Crippen molar-refractivity contribution >= 4 is 120 Å². The number of nitrogens with zero attached hydrogens (tertiary/aromatic N) is 7. The van der Waals surface area contributed by atoms with Crippen molar-refractivity contribution in [1.82, 2.24) is 39.6 Å². The van der Waals surface area contributed by atoms with E-state index >= 15 is 0 Å². The molecule has 4 saturated heterocycles. The second-order valence-electron chi connectivity index (χ2n) is 38.0. The van der Waals surface area contributed by atoms with Gasteiger partial charge in [-0.15, -0.1) is 37.2 Å². The largest absolute Gasteiger partial charge is 1.00 e. The topological polar surface area (TPSA) is 319 Å². The molecule has 0 bridgehead atoms. The Kier molecular flexibility index (Phi) is 55.4. The number of aliphatic hydroxyl groups is 1. The minimum Gasteiger partial charge on any atom is -0.870 e. The van der Waals surface area contributed by atoms with Crippen LogP contribution in [0.25, 0.3) is 24.3 Å². The maximum atomic E-state index is 13.3. The number of methoxy groups -OCH3 is 2. The number of rotatable bonds is 34. The van der Waals surface area contributed by atoms with Crippen LogP contribution >= 0.6 is 53.2 Å². The summed E-state index contributed by atoms with van der Waals surface area (Å²) in [6.07, 6.45) is 20.3. The fraction of sp³-hybridized carbons (Fsp3) is 0.614. The zero-order valence-electron chi connectivity index (χ0n) is 81.6. The normalized spacial score (nSPS) is 21.4. The van der Waals surface area contributed by atoms with Crippen LogP contribution in [0.4, 0.5) is 14.4 Å². The summed E-state index contributed by atoms with van der Waals surface area (Å²) in [5.41, 5.74) is 8.73. The van der Waals surface area contributed by atoms with Crippen molar-refractivity contribution in [2.24, 2.45) is 23.7 Å². The van der Waals surface area contributed by atoms with Crippen molar-refractivity contribution in [3.05, 3.63) is 166 Å². The molecule has 8 atom stereocenters. The van der Waals surface area contributed by atoms with Crippen molar-refractivity contribution < 1.29 is 122 Å². The maximum Gasteiger partial charge on any atom is 1.00 e. The van der Waals surface area contributed by atoms with Crippen molar-refractivity contribution in [2.45, 2.75) is 232 Å². The van der Waals surface area contributed by atoms with E-state index in [0.717, 1.165) is 136 Å². The molecule has 4 heterocycles. The standard InChI is InChI=1S/C27H40N2O5.C26H38N2O5.C24H36N2O3.C21H30N2O3.C3H5BrO2.3ClH.Na.H2O/c1-20(17-21-9-7-6-8-10-21)23-18-24(23)29(26(31)34-27(2,3)4)22-11-13-28(14-12-22)15-16-33-19-25(30)32-5;1-19(16-20-8-6-5-7-9-20)22-17-23(22)28(25(31)33-26(2,3)4)21-10-12-27(13-11-21)14-15-32-18-24(29)30;1-18(16-19-8-6-5-7-9-19)21-17-22(21)26(23(28)29-24(2,3)4)20-10-12-25(13-11-20)14-15-27;1-16(13-17-5-3-2-4-6-17)19-14-20(19)22-18-7-9-23(10-8-18)11-12-26-15-21(24)25;1-6-3(5)2-4;;;;;/h6-10,17,22-24H,11-16,18-19H2,1-5H3;5-9,16,21-23H,10-15,17-18H2,1-4H3,(H,29,30);5-9,16,20-22,27H,10-15,17H2,1-4H3;2-6,13,18-20,22H,7-12,14-15H2,1H3,(H,24,25);2H2,1H3;3*1H;;1H2/q;;;;;;;;+1;/p-1/b20-17+;19-16+;18-16+;16-13+;;;;;;/t23-,24+;22-,23+;21-,22+;19-,20+;;;;;;/m0000....../s1. The summed E-state index contributed by atoms with van der Waals surface area (Å²) >= 11 is 2.90. The Morgan fingerprint density at radius 1 is 0.406 bits per heavy atom. The van der Waals surface area contributed by atoms with Crippen LogP contribution in [0.15, 0.2) is 144 Å². The number of amides is 3. The number of likely N-dealkylation sites (tertiary alicyclic amines) is 4. The summed E-state index contributed by atoms with van der Waals surface area (Å²) < 4.78 is 41.9. The number of benzene rings is 4. The first kappa shape index (κ1) is 121. The molecule has 0 radical (unpaired) electrons. The van der Waals surface area contributed by atoms with Crippen LogP contribution in [-0.4, -0.2) is 307 Å². The Morgan fingerprint density at radius 3 is 0.917 bits per heavy atom. The smallest absolute Gasteiger partial charge is 0.870 e. The average Bonchev–Trinajstić information content (AvgIpc) is 1.62. The number of β-amino-alcohol motifs (C(OH)–C–C–N with tert-alkyl or cyclic N) is 1. The van der Waals surface area contributed by atoms with Crippen LogP contribution in [0.5, 0.6) is 0 Å². The minimum atomic E-state index is -0.947. The van der Waals surface area contributed by atoms with Gasteiger partial charge >= 0.3 is 71.7 Å². The molecule has 27 nitrogen and oxygen atoms in total. The van der Waals surface area contributed by atoms with Gasteiger partial charge in [0, 0.05) is 132 Å². The molecule has 12 rings (SSSR count). The molecule has 740 valence electrons. The summed E-state index contributed by atoms with van der Waals surface area (Å²) in [6.45, 7) is 37.6. The number of piperidine rings is 4. The molecule has 4 aliphatic carbocycles. The molecule has 133 heavy (non-hydrogen) atoms. The van der Waals surface area contributed by atoms with E-state index in [1.54, 1.807) is 0 Å². The van der Waals surface area contributed by atoms with E-state index in [9.17, 15) is 38.7 Å². The van der Waals surface area contributed by atoms with Gasteiger partial charge in [-0.1, -0.05) is 184 Å². The quantitative estimate of drug-likeness (QED) is 0.0111. The van der Waals surface area contributed by atoms with E-state index in [1.165, 1.54) is 65.2 Å². The van der Waals surface area contributed by atoms with Gasteiger partial charge in [-0.25, -0.2) is 28.8 Å². The fourth-order valence-corrected chi connectivity index (χ4v) is 17.5. The number of carbonyl (C=O) groups is 7. The van der Waals surface area contributed by atoms with Crippen LogP contribution in [-0.2, 0) is 57.1 Å². The predicted octanol–water partition coefficient (Wildman–Crippen LogP) is 14.1. The van der Waals surface area contributed by atoms with E-state index in [-0.39, 0.29) is 170 Å². The molecule has 4 aromatic rings. The number of hydrogen-bond acceptors (Lipinski definition) is 22. The molecule has 3 amide bonds. The molecule has 8 aliphatic rings. The molecular weight excluding hydrogens is 1840 g/mol. The number of carbonyl (C=O) groups excluding carboxylic acids is 5. The average molecular weight is 1990 g/mol. The number of alkyl halides is 1. The Hall–Kier alpha value is -6.52. The second kappa shape index (κ2) is 61.0. The molecule has 0 aromatic heterocycles. The van der Waals surface area contributed by atoms with Crippen LogP contribution in [0.2, 0.25) is 0 Å². The molecular formula is C101H153BrCl3N8NaO19. The van der Waals surface area contributed by atoms with E-state index < -0.39 is 28.7 Å². The fourth-order valence-electron chi connectivity index (χ4n) is 17.3. The summed E-state index contributed by atoms with van der Waals surface area (Å²) in [5, 5.41) is 30.6. The summed E-state index contributed by atoms with van der Waals surface area (Å²) in [6, 6.07) is 43.9. The third-order valence-electron chi connectivity index (χ3n) is 24.3. The Labute approximate surface area is 840 Å². The molecule has 0 spiro atoms. The van der Waals surface area contributed by atoms with Crippen molar-refractivity contribution in [1.29, 1.82) is 0 Å². The van der Waals surface area contributed by atoms with Gasteiger partial charge in [0.1, 0.15) is 42.0 Å². The molecule has 0 unspecified atom stereocenters. The van der Waals surface area contributed by atoms with Gasteiger partial charge in [0.05, 0.1) is 40.6 Å². The third-order valence-corrected chi connectivity index (χ3v) is 24.7. The van der Waals surface area contributed by atoms with Crippen LogP contribution < -0.4 is 34.9 Å². The van der Waals surface area contributed by atoms with Crippen LogP contribution in [0, 0.1) is 23.7 Å². The molecule has 32 heteroatoms. The molecule has 4 aromatic carbocycles. The number of carboxylic acids is 2. The number of aliphatic carboxylic acids is 2. The Balaban J connectivity index is 0.000000443. The number of halogens is 4. The molecule has 5 N–H and O–H groups in total. The third kappa shape index (κ3) is 44.9. The zero-order chi connectivity index (χ0) is 93.1. The molecule has 8 fully saturated rings. The van der Waals surface area contributed by atoms with E-state index in [1.807, 2.05) is 119 Å². The van der Waals surface area contributed by atoms with Gasteiger partial charge in [0.15, 0.2) is 0 Å². The summed E-state index contributed by atoms with van der Waals surface area (Å²) in [4.78, 5) is 97.0. The number of hydrogen-bond donors (Lipinski definition) is 4. The number of nitrogens with one attached hydrogen (secondary N) is 1. The Morgan fingerprint density at radius 2 is 0.669 bits per heavy atom. The summed E-state index contributed by atoms with van der Waals surface area (Å²) in [5.74, 6) is -0.633. The van der Waals surface area contributed by atoms with E-state index in [2.05, 4.69) is 181 Å². The van der Waals surface area contributed by atoms with Gasteiger partial charge in [-0.05, 0) is 208 Å². The number of ether oxygens (including phenoxy) is 8. The van der Waals surface area contributed by atoms with Crippen molar-refractivity contribution in [3.63, 3.8) is 0 Å². The van der Waals surface area contributed by atoms with Gasteiger partial charge in [0.25, 0.3) is 0 Å². The first-order valence-electron chi connectivity index (χ1n) is 46.1. The SMILES string of the molecule is C/C(=C\c1ccccc1)[C@@H]1C[C@H]1N(C(=O)OC(C)(C)C)C1CCN(CCO)CC1.C/C(=C\c1ccccc1)[C@@H]1C[C@H]1N(C(=O)OC(C)(C)C)C1CCN(CCOCC(=O)O)CC1.C/C(=C\c1ccccc1)[C@@H]1C[C@H]1NC1CCN(CCOCC(=O)O)CC1.COC(=O)CBr.COC(=O)COCCN1CCC(N(C(=O)OC(C)(C)C)[C@@H]2C[C@H]2/C(C)=C/c2ccccc2)CC1.Cl.Cl.Cl.[Na+].[OH-]. The summed E-state index contributed by atoms with van der Waals surface area (Å²) in [7, 11) is 2.71. The number of carboxylic acid groups (broad SMARTS) is 2. The van der Waals surface area contributed by atoms with Crippen LogP contribution in [0.3, 0.4) is 0 Å². The molecule has 4 aliphatic heterocycles. The van der Waals surface area contributed by atoms with Crippen LogP contribution in [0.1, 0.15) is 189 Å². The second-order valence-corrected chi connectivity index (χ2v) is 38.6. The molecule has 4 saturated carbocycles. The van der Waals surface area contributed by atoms with Gasteiger partial charge in [0.2, 0.25) is 0 Å². The number of esters is 2. The maximum absolute atomic E-state index is 13.3. The first-order chi connectivity index (χ1) is 61.0. The van der Waals surface area contributed by atoms with Gasteiger partial charge in [-0.2, -0.15) is 0 Å².